The molecule has 0 heterocycles. The van der Waals surface area contributed by atoms with Gasteiger partial charge < -0.3 is 5.11 Å². The van der Waals surface area contributed by atoms with Gasteiger partial charge in [-0.05, 0) is 0 Å². The molecule has 4 nitrogen and oxygen atoms in total. The van der Waals surface area contributed by atoms with Crippen molar-refractivity contribution in [3.63, 3.8) is 0 Å². The molecule has 0 bridgehead atoms. The number of carboxylic acid groups (broad SMARTS) is 1. The van der Waals surface area contributed by atoms with Crippen LogP contribution in [0.4, 0.5) is 0 Å². The van der Waals surface area contributed by atoms with E-state index in [0.29, 0.717) is 0 Å². The monoisotopic (exact) mass is 114 g/mol. The second-order valence-electron chi connectivity index (χ2n) is 1.14. The zero-order valence-electron chi connectivity index (χ0n) is 4.22. The quantitative estimate of drug-likeness (QED) is 0.515. The minimum absolute atomic E-state index is 0.0219. The van der Waals surface area contributed by atoms with Crippen molar-refractivity contribution in [2.45, 2.75) is 6.42 Å². The van der Waals surface area contributed by atoms with Crippen LogP contribution in [0.3, 0.4) is 0 Å². The molecule has 0 aliphatic carbocycles. The summed E-state index contributed by atoms with van der Waals surface area (Å²) in [4.78, 5) is 13.0. The smallest absolute Gasteiger partial charge is 0.305 e. The van der Waals surface area contributed by atoms with E-state index in [4.69, 9.17) is 10.5 Å². The zero-order chi connectivity index (χ0) is 6.41. The lowest BCUT2D eigenvalue weighted by atomic mass is 10.4. The number of nitrogens with zero attached hydrogens (tertiary/aromatic N) is 1. The van der Waals surface area contributed by atoms with Crippen LogP contribution in [-0.4, -0.2) is 23.6 Å². The molecule has 8 heavy (non-hydrogen) atoms. The third kappa shape index (κ3) is 4.85. The summed E-state index contributed by atoms with van der Waals surface area (Å²) in [6, 6.07) is 1.73. The first kappa shape index (κ1) is 6.85. The highest BCUT2D eigenvalue weighted by Gasteiger charge is 1.90. The molecule has 0 aromatic carbocycles. The Bertz CT molecular complexity index is 124. The summed E-state index contributed by atoms with van der Waals surface area (Å²) in [5.41, 5.74) is 0. The molecule has 0 fully saturated rings. The molecule has 0 aliphatic rings. The highest BCUT2D eigenvalue weighted by atomic mass is 16.4. The molecular formula is C4H6N2O2. The minimum atomic E-state index is -0.899. The molecule has 44 valence electrons. The molecule has 0 unspecified atom stereocenters. The van der Waals surface area contributed by atoms with Crippen LogP contribution in [0.2, 0.25) is 0 Å². The van der Waals surface area contributed by atoms with Crippen LogP contribution in [0, 0.1) is 5.41 Å². The van der Waals surface area contributed by atoms with E-state index in [-0.39, 0.29) is 13.0 Å². The Morgan fingerprint density at radius 3 is 2.88 bits per heavy atom. The van der Waals surface area contributed by atoms with Crippen molar-refractivity contribution in [3.05, 3.63) is 0 Å². The van der Waals surface area contributed by atoms with Gasteiger partial charge in [0.2, 0.25) is 0 Å². The Labute approximate surface area is 46.4 Å². The molecule has 0 aliphatic heterocycles. The molecule has 0 saturated heterocycles. The van der Waals surface area contributed by atoms with Gasteiger partial charge in [0.1, 0.15) is 0 Å². The molecule has 0 amide bonds. The van der Waals surface area contributed by atoms with Crippen LogP contribution in [0.15, 0.2) is 4.99 Å². The summed E-state index contributed by atoms with van der Waals surface area (Å²) in [5, 5.41) is 14.2. The van der Waals surface area contributed by atoms with E-state index in [1.54, 1.807) is 6.01 Å². The number of hydrogen-bond acceptors (Lipinski definition) is 3. The van der Waals surface area contributed by atoms with Gasteiger partial charge in [0.15, 0.2) is 0 Å². The highest BCUT2D eigenvalue weighted by Crippen LogP contribution is 1.76. The van der Waals surface area contributed by atoms with E-state index in [2.05, 4.69) is 4.99 Å². The molecule has 0 aromatic heterocycles. The maximum atomic E-state index is 9.73. The molecule has 0 rings (SSSR count). The number of rotatable bonds is 3. The Hall–Kier alpha value is -1.15. The van der Waals surface area contributed by atoms with Crippen molar-refractivity contribution < 1.29 is 9.90 Å². The van der Waals surface area contributed by atoms with Crippen LogP contribution < -0.4 is 0 Å². The van der Waals surface area contributed by atoms with E-state index in [1.165, 1.54) is 0 Å². The fourth-order valence-electron chi connectivity index (χ4n) is 0.207. The summed E-state index contributed by atoms with van der Waals surface area (Å²) < 4.78 is 0. The van der Waals surface area contributed by atoms with Gasteiger partial charge in [-0.15, -0.1) is 0 Å². The molecular weight excluding hydrogens is 108 g/mol. The van der Waals surface area contributed by atoms with Gasteiger partial charge in [-0.1, -0.05) is 0 Å². The second-order valence-corrected chi connectivity index (χ2v) is 1.14. The van der Waals surface area contributed by atoms with Gasteiger partial charge in [-0.2, -0.15) is 0 Å². The number of carboxylic acids is 1. The number of carbonyl (C=O) groups is 1. The summed E-state index contributed by atoms with van der Waals surface area (Å²) in [6.45, 7) is 0.152. The summed E-state index contributed by atoms with van der Waals surface area (Å²) in [5.74, 6) is -0.899. The van der Waals surface area contributed by atoms with Gasteiger partial charge in [0.05, 0.1) is 19.0 Å². The lowest BCUT2D eigenvalue weighted by Crippen LogP contribution is -1.95. The zero-order valence-corrected chi connectivity index (χ0v) is 4.22. The van der Waals surface area contributed by atoms with Gasteiger partial charge in [-0.25, -0.2) is 10.4 Å². The lowest BCUT2D eigenvalue weighted by Gasteiger charge is -1.81. The van der Waals surface area contributed by atoms with Crippen LogP contribution in [0.25, 0.3) is 0 Å². The molecule has 0 spiro atoms. The average molecular weight is 114 g/mol. The van der Waals surface area contributed by atoms with Gasteiger partial charge >= 0.3 is 5.97 Å². The molecule has 0 saturated carbocycles. The predicted molar refractivity (Wildman–Crippen MR) is 27.3 cm³/mol. The summed E-state index contributed by atoms with van der Waals surface area (Å²) in [6.07, 6.45) is -0.0219. The first-order valence-corrected chi connectivity index (χ1v) is 2.07. The summed E-state index contributed by atoms with van der Waals surface area (Å²) >= 11 is 0. The van der Waals surface area contributed by atoms with Gasteiger partial charge in [-0.3, -0.25) is 4.79 Å². The van der Waals surface area contributed by atoms with Crippen LogP contribution >= 0.6 is 0 Å². The fourth-order valence-corrected chi connectivity index (χ4v) is 0.207. The second kappa shape index (κ2) is 4.02. The fraction of sp³-hybridized carbons (Fsp3) is 0.500. The third-order valence-electron chi connectivity index (χ3n) is 0.517. The predicted octanol–water partition coefficient (Wildman–Crippen LogP) is 0.214. The van der Waals surface area contributed by atoms with E-state index >= 15 is 0 Å². The third-order valence-corrected chi connectivity index (χ3v) is 0.517. The Morgan fingerprint density at radius 1 is 1.88 bits per heavy atom. The molecule has 0 atom stereocenters. The number of aliphatic imine (C=N–C) groups is 1. The average Bonchev–Trinajstić information content (AvgIpc) is 1.66. The van der Waals surface area contributed by atoms with Crippen molar-refractivity contribution in [3.8, 4) is 0 Å². The van der Waals surface area contributed by atoms with Crippen molar-refractivity contribution in [2.75, 3.05) is 6.54 Å². The molecule has 0 radical (unpaired) electrons. The Kier molecular flexibility index (Phi) is 3.44. The molecule has 2 N–H and O–H groups in total. The first-order chi connectivity index (χ1) is 3.77. The number of hydrogen-bond donors (Lipinski definition) is 2. The summed E-state index contributed by atoms with van der Waals surface area (Å²) in [7, 11) is 0. The minimum Gasteiger partial charge on any atom is -0.481 e. The largest absolute Gasteiger partial charge is 0.481 e. The molecule has 0 aromatic rings. The van der Waals surface area contributed by atoms with Crippen molar-refractivity contribution in [1.82, 2.24) is 0 Å². The topological polar surface area (TPSA) is 73.5 Å². The van der Waals surface area contributed by atoms with Crippen molar-refractivity contribution in [1.29, 1.82) is 5.41 Å². The van der Waals surface area contributed by atoms with Crippen molar-refractivity contribution >= 4 is 12.0 Å². The maximum Gasteiger partial charge on any atom is 0.305 e. The van der Waals surface area contributed by atoms with Gasteiger partial charge in [0.25, 0.3) is 0 Å². The standard InChI is InChI=1S/C4H6N2O2/c5-3-6-2-1-4(7)8/h5H,1-2H2,(H,7,8). The lowest BCUT2D eigenvalue weighted by molar-refractivity contribution is -0.136. The van der Waals surface area contributed by atoms with E-state index in [9.17, 15) is 4.79 Å². The van der Waals surface area contributed by atoms with Gasteiger partial charge in [0, 0.05) is 0 Å². The number of aliphatic carboxylic acids is 1. The normalized spacial score (nSPS) is 7.50. The Balaban J connectivity index is 3.18. The Morgan fingerprint density at radius 2 is 2.50 bits per heavy atom. The molecule has 4 heteroatoms. The maximum absolute atomic E-state index is 9.73. The SMILES string of the molecule is N=C=NCCC(=O)O. The highest BCUT2D eigenvalue weighted by molar-refractivity contribution is 5.67. The van der Waals surface area contributed by atoms with E-state index in [1.807, 2.05) is 0 Å². The van der Waals surface area contributed by atoms with Crippen LogP contribution in [0.5, 0.6) is 0 Å². The van der Waals surface area contributed by atoms with Crippen molar-refractivity contribution in [2.24, 2.45) is 4.99 Å². The van der Waals surface area contributed by atoms with Crippen LogP contribution in [-0.2, 0) is 4.79 Å². The van der Waals surface area contributed by atoms with E-state index in [0.717, 1.165) is 0 Å². The van der Waals surface area contributed by atoms with Crippen LogP contribution in [0.1, 0.15) is 6.42 Å². The van der Waals surface area contributed by atoms with E-state index < -0.39 is 5.97 Å². The first-order valence-electron chi connectivity index (χ1n) is 2.07. The number of nitrogens with one attached hydrogen (secondary N) is 1.